The number of nitrogens with zero attached hydrogens (tertiary/aromatic N) is 1. The quantitative estimate of drug-likeness (QED) is 0.831. The zero-order valence-electron chi connectivity index (χ0n) is 13.6. The normalized spacial score (nSPS) is 16.0. The van der Waals surface area contributed by atoms with E-state index in [-0.39, 0.29) is 29.3 Å². The van der Waals surface area contributed by atoms with Crippen LogP contribution in [-0.2, 0) is 9.47 Å². The van der Waals surface area contributed by atoms with Crippen LogP contribution in [0.25, 0.3) is 0 Å². The van der Waals surface area contributed by atoms with E-state index in [1.165, 1.54) is 24.5 Å². The van der Waals surface area contributed by atoms with Crippen LogP contribution in [0.5, 0.6) is 0 Å². The molecular weight excluding hydrogens is 329 g/mol. The molecule has 130 valence electrons. The number of allylic oxidation sites excluding steroid dienone is 2. The SMILES string of the molecule is CCOC(=O)OC1=C(C)Nc2nc[nH]c(=O)c2C1c1ccccc1F. The molecule has 1 aromatic carbocycles. The van der Waals surface area contributed by atoms with Gasteiger partial charge in [0.15, 0.2) is 0 Å². The van der Waals surface area contributed by atoms with Gasteiger partial charge in [-0.25, -0.2) is 14.2 Å². The molecule has 1 atom stereocenters. The molecule has 0 saturated carbocycles. The molecule has 25 heavy (non-hydrogen) atoms. The number of aromatic nitrogens is 2. The number of benzene rings is 1. The molecule has 0 bridgehead atoms. The van der Waals surface area contributed by atoms with Crippen molar-refractivity contribution in [2.75, 3.05) is 11.9 Å². The van der Waals surface area contributed by atoms with E-state index in [0.717, 1.165) is 0 Å². The second-order valence-corrected chi connectivity index (χ2v) is 5.35. The first-order valence-electron chi connectivity index (χ1n) is 7.67. The highest BCUT2D eigenvalue weighted by molar-refractivity contribution is 5.66. The number of rotatable bonds is 3. The fraction of sp³-hybridized carbons (Fsp3) is 0.235. The highest BCUT2D eigenvalue weighted by atomic mass is 19.1. The summed E-state index contributed by atoms with van der Waals surface area (Å²) in [6.45, 7) is 3.41. The van der Waals surface area contributed by atoms with Gasteiger partial charge in [-0.2, -0.15) is 0 Å². The van der Waals surface area contributed by atoms with Crippen LogP contribution in [0.15, 0.2) is 46.8 Å². The maximum atomic E-state index is 14.4. The molecule has 0 spiro atoms. The molecule has 1 unspecified atom stereocenters. The summed E-state index contributed by atoms with van der Waals surface area (Å²) < 4.78 is 24.5. The van der Waals surface area contributed by atoms with Crippen LogP contribution in [0, 0.1) is 5.82 Å². The highest BCUT2D eigenvalue weighted by Crippen LogP contribution is 2.40. The molecule has 0 saturated heterocycles. The third-order valence-corrected chi connectivity index (χ3v) is 3.79. The molecule has 1 aromatic heterocycles. The molecule has 0 radical (unpaired) electrons. The molecule has 0 aliphatic carbocycles. The lowest BCUT2D eigenvalue weighted by molar-refractivity contribution is 0.0776. The zero-order chi connectivity index (χ0) is 18.0. The van der Waals surface area contributed by atoms with Gasteiger partial charge in [0.2, 0.25) is 0 Å². The molecule has 8 heteroatoms. The Bertz CT molecular complexity index is 907. The topological polar surface area (TPSA) is 93.3 Å². The van der Waals surface area contributed by atoms with Crippen LogP contribution in [0.1, 0.15) is 30.9 Å². The van der Waals surface area contributed by atoms with Crippen LogP contribution >= 0.6 is 0 Å². The number of anilines is 1. The summed E-state index contributed by atoms with van der Waals surface area (Å²) >= 11 is 0. The number of hydrogen-bond acceptors (Lipinski definition) is 6. The number of ether oxygens (including phenoxy) is 2. The Morgan fingerprint density at radius 3 is 2.84 bits per heavy atom. The van der Waals surface area contributed by atoms with Crippen LogP contribution in [0.2, 0.25) is 0 Å². The Kier molecular flexibility index (Phi) is 4.51. The number of carbonyl (C=O) groups excluding carboxylic acids is 1. The van der Waals surface area contributed by atoms with E-state index in [2.05, 4.69) is 15.3 Å². The first-order chi connectivity index (χ1) is 12.0. The van der Waals surface area contributed by atoms with E-state index >= 15 is 0 Å². The first kappa shape index (κ1) is 16.7. The van der Waals surface area contributed by atoms with Gasteiger partial charge in [-0.05, 0) is 19.9 Å². The van der Waals surface area contributed by atoms with Crippen LogP contribution < -0.4 is 10.9 Å². The summed E-state index contributed by atoms with van der Waals surface area (Å²) in [6, 6.07) is 5.99. The molecule has 2 heterocycles. The predicted octanol–water partition coefficient (Wildman–Crippen LogP) is 2.87. The van der Waals surface area contributed by atoms with Crippen molar-refractivity contribution in [3.63, 3.8) is 0 Å². The summed E-state index contributed by atoms with van der Waals surface area (Å²) in [5, 5.41) is 2.91. The number of aromatic amines is 1. The minimum Gasteiger partial charge on any atom is -0.434 e. The second kappa shape index (κ2) is 6.76. The van der Waals surface area contributed by atoms with E-state index in [0.29, 0.717) is 5.70 Å². The molecule has 2 N–H and O–H groups in total. The summed E-state index contributed by atoms with van der Waals surface area (Å²) in [5.41, 5.74) is 0.343. The molecule has 2 aromatic rings. The largest absolute Gasteiger partial charge is 0.513 e. The van der Waals surface area contributed by atoms with Crippen LogP contribution in [0.4, 0.5) is 15.0 Å². The van der Waals surface area contributed by atoms with E-state index < -0.39 is 23.4 Å². The molecule has 1 aliphatic heterocycles. The van der Waals surface area contributed by atoms with Crippen molar-refractivity contribution >= 4 is 12.0 Å². The third kappa shape index (κ3) is 3.10. The van der Waals surface area contributed by atoms with Gasteiger partial charge < -0.3 is 19.8 Å². The van der Waals surface area contributed by atoms with Crippen molar-refractivity contribution in [3.05, 3.63) is 69.3 Å². The number of halogens is 1. The van der Waals surface area contributed by atoms with Crippen molar-refractivity contribution in [3.8, 4) is 0 Å². The van der Waals surface area contributed by atoms with Gasteiger partial charge in [-0.3, -0.25) is 4.79 Å². The molecule has 0 amide bonds. The maximum Gasteiger partial charge on any atom is 0.513 e. The molecule has 1 aliphatic rings. The van der Waals surface area contributed by atoms with Gasteiger partial charge >= 0.3 is 6.16 Å². The minimum atomic E-state index is -0.931. The summed E-state index contributed by atoms with van der Waals surface area (Å²) in [7, 11) is 0. The van der Waals surface area contributed by atoms with Crippen molar-refractivity contribution in [1.29, 1.82) is 0 Å². The van der Waals surface area contributed by atoms with Crippen molar-refractivity contribution in [2.24, 2.45) is 0 Å². The monoisotopic (exact) mass is 345 g/mol. The average molecular weight is 345 g/mol. The van der Waals surface area contributed by atoms with Crippen LogP contribution in [-0.4, -0.2) is 22.7 Å². The number of fused-ring (bicyclic) bond motifs is 1. The minimum absolute atomic E-state index is 0.0922. The second-order valence-electron chi connectivity index (χ2n) is 5.35. The Balaban J connectivity index is 2.19. The van der Waals surface area contributed by atoms with Gasteiger partial charge in [0.1, 0.15) is 17.4 Å². The predicted molar refractivity (Wildman–Crippen MR) is 87.5 cm³/mol. The standard InChI is InChI=1S/C17H16FN3O4/c1-3-24-17(23)25-14-9(2)21-15-13(16(22)20-8-19-15)12(14)10-6-4-5-7-11(10)18/h4-8,12H,3H2,1-2H3,(H2,19,20,21,22). The summed E-state index contributed by atoms with van der Waals surface area (Å²) in [4.78, 5) is 30.7. The van der Waals surface area contributed by atoms with Gasteiger partial charge in [0.25, 0.3) is 5.56 Å². The Labute approximate surface area is 142 Å². The first-order valence-corrected chi connectivity index (χ1v) is 7.67. The third-order valence-electron chi connectivity index (χ3n) is 3.79. The summed E-state index contributed by atoms with van der Waals surface area (Å²) in [6.07, 6.45) is 0.320. The van der Waals surface area contributed by atoms with Gasteiger partial charge in [-0.1, -0.05) is 18.2 Å². The lowest BCUT2D eigenvalue weighted by atomic mass is 9.87. The number of H-pyrrole nitrogens is 1. The van der Waals surface area contributed by atoms with E-state index in [9.17, 15) is 14.0 Å². The van der Waals surface area contributed by atoms with E-state index in [1.807, 2.05) is 0 Å². The molecule has 3 rings (SSSR count). The van der Waals surface area contributed by atoms with Crippen molar-refractivity contribution in [2.45, 2.75) is 19.8 Å². The van der Waals surface area contributed by atoms with Gasteiger partial charge in [0, 0.05) is 5.56 Å². The van der Waals surface area contributed by atoms with E-state index in [4.69, 9.17) is 9.47 Å². The maximum absolute atomic E-state index is 14.4. The number of carbonyl (C=O) groups is 1. The van der Waals surface area contributed by atoms with Crippen molar-refractivity contribution in [1.82, 2.24) is 9.97 Å². The zero-order valence-corrected chi connectivity index (χ0v) is 13.6. The Morgan fingerprint density at radius 2 is 2.12 bits per heavy atom. The lowest BCUT2D eigenvalue weighted by Gasteiger charge is -2.28. The fourth-order valence-corrected chi connectivity index (χ4v) is 2.74. The van der Waals surface area contributed by atoms with Crippen molar-refractivity contribution < 1.29 is 18.7 Å². The molecule has 0 fully saturated rings. The van der Waals surface area contributed by atoms with E-state index in [1.54, 1.807) is 19.9 Å². The lowest BCUT2D eigenvalue weighted by Crippen LogP contribution is -2.29. The highest BCUT2D eigenvalue weighted by Gasteiger charge is 2.35. The molecular formula is C17H16FN3O4. The Hall–Kier alpha value is -3.16. The number of nitrogens with one attached hydrogen (secondary N) is 2. The molecule has 7 nitrogen and oxygen atoms in total. The van der Waals surface area contributed by atoms with Gasteiger partial charge in [0.05, 0.1) is 30.1 Å². The fourth-order valence-electron chi connectivity index (χ4n) is 2.74. The summed E-state index contributed by atoms with van der Waals surface area (Å²) in [5.74, 6) is -1.08. The van der Waals surface area contributed by atoms with Gasteiger partial charge in [-0.15, -0.1) is 0 Å². The van der Waals surface area contributed by atoms with Crippen LogP contribution in [0.3, 0.4) is 0 Å². The smallest absolute Gasteiger partial charge is 0.434 e. The number of hydrogen-bond donors (Lipinski definition) is 2. The average Bonchev–Trinajstić information content (AvgIpc) is 2.57. The Morgan fingerprint density at radius 1 is 1.36 bits per heavy atom.